The van der Waals surface area contributed by atoms with Crippen LogP contribution in [0, 0.1) is 11.6 Å². The Morgan fingerprint density at radius 1 is 1.14 bits per heavy atom. The lowest BCUT2D eigenvalue weighted by Gasteiger charge is -2.36. The average molecular weight is 298 g/mol. The molecule has 0 atom stereocenters. The van der Waals surface area contributed by atoms with Crippen molar-refractivity contribution in [2.45, 2.75) is 26.4 Å². The summed E-state index contributed by atoms with van der Waals surface area (Å²) in [7, 11) is 0. The SMILES string of the molecule is CC(C)(C)OC(=O)N1CCN(c2ccc(F)cc2F)CC1. The number of benzene rings is 1. The Labute approximate surface area is 123 Å². The molecular weight excluding hydrogens is 278 g/mol. The van der Waals surface area contributed by atoms with Gasteiger partial charge in [0, 0.05) is 32.2 Å². The van der Waals surface area contributed by atoms with Crippen molar-refractivity contribution in [2.24, 2.45) is 0 Å². The number of ether oxygens (including phenoxy) is 1. The van der Waals surface area contributed by atoms with Crippen LogP contribution in [0.25, 0.3) is 0 Å². The van der Waals surface area contributed by atoms with Crippen molar-refractivity contribution in [1.82, 2.24) is 4.90 Å². The molecule has 1 aliphatic rings. The monoisotopic (exact) mass is 298 g/mol. The molecule has 0 bridgehead atoms. The summed E-state index contributed by atoms with van der Waals surface area (Å²) in [6.45, 7) is 7.32. The Kier molecular flexibility index (Phi) is 4.34. The van der Waals surface area contributed by atoms with Crippen molar-refractivity contribution < 1.29 is 18.3 Å². The van der Waals surface area contributed by atoms with Crippen LogP contribution >= 0.6 is 0 Å². The maximum Gasteiger partial charge on any atom is 0.410 e. The molecule has 1 aliphatic heterocycles. The van der Waals surface area contributed by atoms with Crippen LogP contribution in [0.5, 0.6) is 0 Å². The van der Waals surface area contributed by atoms with E-state index in [-0.39, 0.29) is 6.09 Å². The van der Waals surface area contributed by atoms with E-state index in [0.29, 0.717) is 31.9 Å². The van der Waals surface area contributed by atoms with Crippen molar-refractivity contribution in [2.75, 3.05) is 31.1 Å². The van der Waals surface area contributed by atoms with Gasteiger partial charge >= 0.3 is 6.09 Å². The first-order valence-electron chi connectivity index (χ1n) is 6.94. The molecule has 0 aliphatic carbocycles. The highest BCUT2D eigenvalue weighted by atomic mass is 19.1. The van der Waals surface area contributed by atoms with Crippen molar-refractivity contribution in [3.8, 4) is 0 Å². The maximum atomic E-state index is 13.7. The first kappa shape index (κ1) is 15.5. The van der Waals surface area contributed by atoms with Gasteiger partial charge in [0.15, 0.2) is 0 Å². The van der Waals surface area contributed by atoms with Gasteiger partial charge in [-0.15, -0.1) is 0 Å². The molecule has 0 unspecified atom stereocenters. The highest BCUT2D eigenvalue weighted by Crippen LogP contribution is 2.22. The van der Waals surface area contributed by atoms with E-state index >= 15 is 0 Å². The standard InChI is InChI=1S/C15H20F2N2O2/c1-15(2,3)21-14(20)19-8-6-18(7-9-19)13-5-4-11(16)10-12(13)17/h4-5,10H,6-9H2,1-3H3. The molecule has 1 aromatic rings. The molecule has 0 spiro atoms. The topological polar surface area (TPSA) is 32.8 Å². The summed E-state index contributed by atoms with van der Waals surface area (Å²) >= 11 is 0. The van der Waals surface area contributed by atoms with Gasteiger partial charge in [-0.1, -0.05) is 0 Å². The number of halogens is 2. The Hall–Kier alpha value is -1.85. The second-order valence-electron chi connectivity index (χ2n) is 6.05. The fourth-order valence-electron chi connectivity index (χ4n) is 2.19. The van der Waals surface area contributed by atoms with E-state index in [1.54, 1.807) is 9.80 Å². The number of carbonyl (C=O) groups is 1. The zero-order valence-corrected chi connectivity index (χ0v) is 12.5. The predicted octanol–water partition coefficient (Wildman–Crippen LogP) is 3.02. The van der Waals surface area contributed by atoms with Crippen molar-refractivity contribution in [1.29, 1.82) is 0 Å². The number of nitrogens with zero attached hydrogens (tertiary/aromatic N) is 2. The number of amides is 1. The van der Waals surface area contributed by atoms with Gasteiger partial charge in [-0.2, -0.15) is 0 Å². The number of anilines is 1. The summed E-state index contributed by atoms with van der Waals surface area (Å²) in [6, 6.07) is 3.53. The van der Waals surface area contributed by atoms with Gasteiger partial charge in [0.2, 0.25) is 0 Å². The molecule has 1 heterocycles. The lowest BCUT2D eigenvalue weighted by atomic mass is 10.2. The van der Waals surface area contributed by atoms with Crippen molar-refractivity contribution >= 4 is 11.8 Å². The molecular formula is C15H20F2N2O2. The van der Waals surface area contributed by atoms with Crippen LogP contribution in [0.1, 0.15) is 20.8 Å². The normalized spacial score (nSPS) is 16.0. The first-order valence-corrected chi connectivity index (χ1v) is 6.94. The lowest BCUT2D eigenvalue weighted by Crippen LogP contribution is -2.50. The maximum absolute atomic E-state index is 13.7. The minimum atomic E-state index is -0.594. The van der Waals surface area contributed by atoms with Crippen LogP contribution in [0.3, 0.4) is 0 Å². The number of hydrogen-bond acceptors (Lipinski definition) is 3. The van der Waals surface area contributed by atoms with Gasteiger partial charge < -0.3 is 14.5 Å². The molecule has 0 aromatic heterocycles. The lowest BCUT2D eigenvalue weighted by molar-refractivity contribution is 0.0240. The van der Waals surface area contributed by atoms with E-state index in [2.05, 4.69) is 0 Å². The Morgan fingerprint density at radius 2 is 1.76 bits per heavy atom. The minimum Gasteiger partial charge on any atom is -0.444 e. The van der Waals surface area contributed by atoms with E-state index in [1.807, 2.05) is 20.8 Å². The summed E-state index contributed by atoms with van der Waals surface area (Å²) in [5.74, 6) is -1.18. The quantitative estimate of drug-likeness (QED) is 0.799. The first-order chi connectivity index (χ1) is 9.76. The molecule has 6 heteroatoms. The van der Waals surface area contributed by atoms with Gasteiger partial charge in [0.25, 0.3) is 0 Å². The van der Waals surface area contributed by atoms with E-state index in [0.717, 1.165) is 6.07 Å². The number of carbonyl (C=O) groups excluding carboxylic acids is 1. The molecule has 1 fully saturated rings. The third-order valence-electron chi connectivity index (χ3n) is 3.18. The number of piperazine rings is 1. The molecule has 1 amide bonds. The summed E-state index contributed by atoms with van der Waals surface area (Å²) in [4.78, 5) is 15.3. The molecule has 0 saturated carbocycles. The van der Waals surface area contributed by atoms with Crippen molar-refractivity contribution in [3.63, 3.8) is 0 Å². The Bertz CT molecular complexity index is 521. The summed E-state index contributed by atoms with van der Waals surface area (Å²) in [6.07, 6.45) is -0.360. The largest absolute Gasteiger partial charge is 0.444 e. The zero-order chi connectivity index (χ0) is 15.6. The van der Waals surface area contributed by atoms with Crippen LogP contribution in [-0.2, 0) is 4.74 Å². The van der Waals surface area contributed by atoms with Crippen LogP contribution < -0.4 is 4.90 Å². The highest BCUT2D eigenvalue weighted by Gasteiger charge is 2.26. The van der Waals surface area contributed by atoms with Gasteiger partial charge in [-0.05, 0) is 32.9 Å². The van der Waals surface area contributed by atoms with Gasteiger partial charge in [-0.3, -0.25) is 0 Å². The fourth-order valence-corrected chi connectivity index (χ4v) is 2.19. The summed E-state index contributed by atoms with van der Waals surface area (Å²) < 4.78 is 31.9. The van der Waals surface area contributed by atoms with Gasteiger partial charge in [-0.25, -0.2) is 13.6 Å². The van der Waals surface area contributed by atoms with Crippen LogP contribution in [0.4, 0.5) is 19.3 Å². The van der Waals surface area contributed by atoms with E-state index in [4.69, 9.17) is 4.74 Å². The Balaban J connectivity index is 1.95. The van der Waals surface area contributed by atoms with E-state index in [9.17, 15) is 13.6 Å². The predicted molar refractivity (Wildman–Crippen MR) is 76.4 cm³/mol. The van der Waals surface area contributed by atoms with Crippen molar-refractivity contribution in [3.05, 3.63) is 29.8 Å². The van der Waals surface area contributed by atoms with Gasteiger partial charge in [0.05, 0.1) is 5.69 Å². The molecule has 2 rings (SSSR count). The van der Waals surface area contributed by atoms with E-state index < -0.39 is 17.2 Å². The summed E-state index contributed by atoms with van der Waals surface area (Å²) in [5, 5.41) is 0. The Morgan fingerprint density at radius 3 is 2.29 bits per heavy atom. The molecule has 0 radical (unpaired) electrons. The number of rotatable bonds is 1. The van der Waals surface area contributed by atoms with Crippen LogP contribution in [-0.4, -0.2) is 42.8 Å². The molecule has 4 nitrogen and oxygen atoms in total. The molecule has 0 N–H and O–H groups in total. The third-order valence-corrected chi connectivity index (χ3v) is 3.18. The van der Waals surface area contributed by atoms with Gasteiger partial charge in [0.1, 0.15) is 17.2 Å². The average Bonchev–Trinajstić information content (AvgIpc) is 2.37. The molecule has 21 heavy (non-hydrogen) atoms. The van der Waals surface area contributed by atoms with Crippen LogP contribution in [0.15, 0.2) is 18.2 Å². The third kappa shape index (κ3) is 4.06. The second-order valence-corrected chi connectivity index (χ2v) is 6.05. The summed E-state index contributed by atoms with van der Waals surface area (Å²) in [5.41, 5.74) is -0.169. The zero-order valence-electron chi connectivity index (χ0n) is 12.5. The molecule has 116 valence electrons. The van der Waals surface area contributed by atoms with Crippen LogP contribution in [0.2, 0.25) is 0 Å². The molecule has 1 aromatic carbocycles. The molecule has 1 saturated heterocycles. The van der Waals surface area contributed by atoms with E-state index in [1.165, 1.54) is 12.1 Å². The minimum absolute atomic E-state index is 0.360. The highest BCUT2D eigenvalue weighted by molar-refractivity contribution is 5.68. The fraction of sp³-hybridized carbons (Fsp3) is 0.533. The number of hydrogen-bond donors (Lipinski definition) is 0. The second kappa shape index (κ2) is 5.87. The smallest absolute Gasteiger partial charge is 0.410 e.